The van der Waals surface area contributed by atoms with E-state index in [0.717, 1.165) is 17.0 Å². The molecule has 0 saturated carbocycles. The molecule has 1 aliphatic heterocycles. The van der Waals surface area contributed by atoms with E-state index in [1.165, 1.54) is 23.9 Å². The molecule has 4 rings (SSSR count). The third-order valence-electron chi connectivity index (χ3n) is 5.32. The first-order valence-electron chi connectivity index (χ1n) is 11.1. The molecule has 186 valence electrons. The van der Waals surface area contributed by atoms with Crippen molar-refractivity contribution < 1.29 is 23.4 Å². The molecule has 3 aromatic rings. The molecule has 0 aromatic heterocycles. The Labute approximate surface area is 221 Å². The van der Waals surface area contributed by atoms with Crippen LogP contribution in [-0.2, 0) is 11.4 Å². The second kappa shape index (κ2) is 11.6. The molecule has 1 saturated heterocycles. The van der Waals surface area contributed by atoms with Gasteiger partial charge in [0.25, 0.3) is 5.91 Å². The molecule has 0 N–H and O–H groups in total. The van der Waals surface area contributed by atoms with Gasteiger partial charge in [0.1, 0.15) is 18.2 Å². The number of benzene rings is 3. The number of thioether (sulfide) groups is 1. The maximum Gasteiger partial charge on any atom is 0.266 e. The number of rotatable bonds is 8. The largest absolute Gasteiger partial charge is 0.497 e. The summed E-state index contributed by atoms with van der Waals surface area (Å²) in [4.78, 5) is 19.9. The Hall–Kier alpha value is -3.30. The number of ether oxygens (including phenoxy) is 3. The lowest BCUT2D eigenvalue weighted by Crippen LogP contribution is -2.28. The maximum atomic E-state index is 13.5. The first-order valence-corrected chi connectivity index (χ1v) is 12.7. The van der Waals surface area contributed by atoms with Gasteiger partial charge in [0.2, 0.25) is 0 Å². The average molecular weight is 571 g/mol. The van der Waals surface area contributed by atoms with Gasteiger partial charge in [-0.25, -0.2) is 9.38 Å². The molecule has 0 unspecified atom stereocenters. The van der Waals surface area contributed by atoms with Crippen LogP contribution in [0.4, 0.5) is 10.1 Å². The normalized spacial score (nSPS) is 15.6. The van der Waals surface area contributed by atoms with Gasteiger partial charge < -0.3 is 14.2 Å². The molecule has 1 aliphatic rings. The SMILES string of the molecule is CCN1C(=O)/C(=C\c2cc(Br)c(OCc3cccc(F)c3)c(OC)c2)SC1=Nc1ccc(OC)cc1. The van der Waals surface area contributed by atoms with Crippen molar-refractivity contribution in [3.05, 3.63) is 87.0 Å². The average Bonchev–Trinajstić information content (AvgIpc) is 3.16. The zero-order valence-electron chi connectivity index (χ0n) is 20.0. The molecule has 1 amide bonds. The van der Waals surface area contributed by atoms with Gasteiger partial charge in [-0.15, -0.1) is 0 Å². The fourth-order valence-corrected chi connectivity index (χ4v) is 5.17. The van der Waals surface area contributed by atoms with E-state index in [2.05, 4.69) is 20.9 Å². The highest BCUT2D eigenvalue weighted by Crippen LogP contribution is 2.40. The summed E-state index contributed by atoms with van der Waals surface area (Å²) in [5.74, 6) is 1.29. The Bertz CT molecular complexity index is 1330. The van der Waals surface area contributed by atoms with Crippen molar-refractivity contribution in [2.24, 2.45) is 4.99 Å². The fraction of sp³-hybridized carbons (Fsp3) is 0.185. The lowest BCUT2D eigenvalue weighted by Gasteiger charge is -2.14. The van der Waals surface area contributed by atoms with E-state index in [1.807, 2.05) is 37.3 Å². The number of carbonyl (C=O) groups excluding carboxylic acids is 1. The molecule has 1 fully saturated rings. The number of methoxy groups -OCH3 is 2. The Morgan fingerprint density at radius 2 is 1.86 bits per heavy atom. The van der Waals surface area contributed by atoms with Crippen LogP contribution in [0.1, 0.15) is 18.1 Å². The zero-order chi connectivity index (χ0) is 25.7. The van der Waals surface area contributed by atoms with Crippen molar-refractivity contribution in [1.29, 1.82) is 0 Å². The Balaban J connectivity index is 1.58. The van der Waals surface area contributed by atoms with Crippen LogP contribution in [0.25, 0.3) is 6.08 Å². The van der Waals surface area contributed by atoms with Gasteiger partial charge in [0.05, 0.1) is 29.3 Å². The minimum atomic E-state index is -0.321. The Kier molecular flexibility index (Phi) is 8.32. The molecule has 0 bridgehead atoms. The summed E-state index contributed by atoms with van der Waals surface area (Å²) >= 11 is 4.86. The van der Waals surface area contributed by atoms with Crippen molar-refractivity contribution in [3.8, 4) is 17.2 Å². The molecule has 3 aromatic carbocycles. The molecule has 6 nitrogen and oxygen atoms in total. The predicted molar refractivity (Wildman–Crippen MR) is 144 cm³/mol. The van der Waals surface area contributed by atoms with Gasteiger partial charge in [-0.1, -0.05) is 12.1 Å². The molecule has 9 heteroatoms. The number of halogens is 2. The van der Waals surface area contributed by atoms with Gasteiger partial charge in [0.15, 0.2) is 16.7 Å². The van der Waals surface area contributed by atoms with E-state index in [1.54, 1.807) is 43.4 Å². The third-order valence-corrected chi connectivity index (χ3v) is 6.92. The van der Waals surface area contributed by atoms with Crippen LogP contribution in [-0.4, -0.2) is 36.7 Å². The second-order valence-corrected chi connectivity index (χ2v) is 9.57. The predicted octanol–water partition coefficient (Wildman–Crippen LogP) is 6.81. The number of amides is 1. The molecular formula is C27H24BrFN2O4S. The molecule has 0 aliphatic carbocycles. The first kappa shape index (κ1) is 25.8. The summed E-state index contributed by atoms with van der Waals surface area (Å²) in [6.07, 6.45) is 1.80. The molecule has 0 spiro atoms. The van der Waals surface area contributed by atoms with E-state index in [4.69, 9.17) is 14.2 Å². The lowest BCUT2D eigenvalue weighted by atomic mass is 10.1. The van der Waals surface area contributed by atoms with Crippen LogP contribution in [0.3, 0.4) is 0 Å². The minimum absolute atomic E-state index is 0.115. The molecule has 1 heterocycles. The van der Waals surface area contributed by atoms with Crippen LogP contribution < -0.4 is 14.2 Å². The topological polar surface area (TPSA) is 60.4 Å². The monoisotopic (exact) mass is 570 g/mol. The Morgan fingerprint density at radius 3 is 2.53 bits per heavy atom. The summed E-state index contributed by atoms with van der Waals surface area (Å²) in [5, 5.41) is 0.611. The molecular weight excluding hydrogens is 547 g/mol. The lowest BCUT2D eigenvalue weighted by molar-refractivity contribution is -0.122. The van der Waals surface area contributed by atoms with Crippen molar-refractivity contribution in [2.75, 3.05) is 20.8 Å². The minimum Gasteiger partial charge on any atom is -0.497 e. The van der Waals surface area contributed by atoms with E-state index in [0.29, 0.717) is 38.2 Å². The van der Waals surface area contributed by atoms with Gasteiger partial charge in [-0.3, -0.25) is 9.69 Å². The summed E-state index contributed by atoms with van der Waals surface area (Å²) in [7, 11) is 3.15. The highest BCUT2D eigenvalue weighted by atomic mass is 79.9. The summed E-state index contributed by atoms with van der Waals surface area (Å²) in [6.45, 7) is 2.59. The Morgan fingerprint density at radius 1 is 1.08 bits per heavy atom. The molecule has 36 heavy (non-hydrogen) atoms. The van der Waals surface area contributed by atoms with E-state index >= 15 is 0 Å². The number of carbonyl (C=O) groups is 1. The third kappa shape index (κ3) is 5.91. The second-order valence-electron chi connectivity index (χ2n) is 7.71. The molecule has 0 atom stereocenters. The van der Waals surface area contributed by atoms with Crippen LogP contribution >= 0.6 is 27.7 Å². The number of likely N-dealkylation sites (N-methyl/N-ethyl adjacent to an activating group) is 1. The standard InChI is InChI=1S/C27H24BrFN2O4S/c1-4-31-26(32)24(36-27(31)30-20-8-10-21(33-2)11-9-20)15-18-13-22(28)25(23(14-18)34-3)35-16-17-6-5-7-19(29)12-17/h5-15H,4,16H2,1-3H3/b24-15+,30-27?. The zero-order valence-corrected chi connectivity index (χ0v) is 22.4. The smallest absolute Gasteiger partial charge is 0.266 e. The summed E-state index contributed by atoms with van der Waals surface area (Å²) < 4.78 is 30.8. The van der Waals surface area contributed by atoms with Crippen LogP contribution in [0.2, 0.25) is 0 Å². The van der Waals surface area contributed by atoms with Gasteiger partial charge in [-0.2, -0.15) is 0 Å². The van der Waals surface area contributed by atoms with Crippen molar-refractivity contribution >= 4 is 50.5 Å². The number of hydrogen-bond donors (Lipinski definition) is 0. The quantitative estimate of drug-likeness (QED) is 0.278. The van der Waals surface area contributed by atoms with Gasteiger partial charge in [0, 0.05) is 6.54 Å². The van der Waals surface area contributed by atoms with Gasteiger partial charge >= 0.3 is 0 Å². The van der Waals surface area contributed by atoms with Crippen LogP contribution in [0.5, 0.6) is 17.2 Å². The number of amidine groups is 1. The fourth-order valence-electron chi connectivity index (χ4n) is 3.53. The highest BCUT2D eigenvalue weighted by molar-refractivity contribution is 9.10. The van der Waals surface area contributed by atoms with E-state index in [-0.39, 0.29) is 18.3 Å². The van der Waals surface area contributed by atoms with Crippen molar-refractivity contribution in [3.63, 3.8) is 0 Å². The first-order chi connectivity index (χ1) is 17.4. The van der Waals surface area contributed by atoms with Gasteiger partial charge in [-0.05, 0) is 100 Å². The number of aliphatic imine (C=N–C) groups is 1. The summed E-state index contributed by atoms with van der Waals surface area (Å²) in [5.41, 5.74) is 2.19. The van der Waals surface area contributed by atoms with E-state index in [9.17, 15) is 9.18 Å². The van der Waals surface area contributed by atoms with Crippen molar-refractivity contribution in [1.82, 2.24) is 4.90 Å². The van der Waals surface area contributed by atoms with E-state index < -0.39 is 0 Å². The van der Waals surface area contributed by atoms with Crippen molar-refractivity contribution in [2.45, 2.75) is 13.5 Å². The number of nitrogens with zero attached hydrogens (tertiary/aromatic N) is 2. The summed E-state index contributed by atoms with van der Waals surface area (Å²) in [6, 6.07) is 17.2. The maximum absolute atomic E-state index is 13.5. The molecule has 0 radical (unpaired) electrons. The highest BCUT2D eigenvalue weighted by Gasteiger charge is 2.32. The number of hydrogen-bond acceptors (Lipinski definition) is 6. The van der Waals surface area contributed by atoms with Crippen LogP contribution in [0.15, 0.2) is 75.0 Å². The van der Waals surface area contributed by atoms with Crippen LogP contribution in [0, 0.1) is 5.82 Å².